The van der Waals surface area contributed by atoms with Gasteiger partial charge in [0.25, 0.3) is 0 Å². The fourth-order valence-electron chi connectivity index (χ4n) is 2.36. The number of carbonyl (C=O) groups is 1. The number of nitrogens with one attached hydrogen (secondary N) is 1. The van der Waals surface area contributed by atoms with Gasteiger partial charge in [0, 0.05) is 40.2 Å². The molecule has 0 aliphatic carbocycles. The molecule has 0 heterocycles. The van der Waals surface area contributed by atoms with E-state index in [1.165, 1.54) is 0 Å². The summed E-state index contributed by atoms with van der Waals surface area (Å²) >= 11 is 0. The van der Waals surface area contributed by atoms with E-state index in [4.69, 9.17) is 0 Å². The molecule has 1 amide bonds. The molecule has 0 spiro atoms. The average Bonchev–Trinajstić information content (AvgIpc) is 2.59. The molecular weight excluding hydrogens is 300 g/mol. The Morgan fingerprint density at radius 1 is 1.12 bits per heavy atom. The minimum Gasteiger partial charge on any atom is -0.357 e. The van der Waals surface area contributed by atoms with E-state index < -0.39 is 0 Å². The van der Waals surface area contributed by atoms with Gasteiger partial charge in [-0.1, -0.05) is 43.7 Å². The van der Waals surface area contributed by atoms with E-state index in [-0.39, 0.29) is 5.91 Å². The summed E-state index contributed by atoms with van der Waals surface area (Å²) in [6.45, 7) is 7.19. The van der Waals surface area contributed by atoms with Gasteiger partial charge in [-0.15, -0.1) is 0 Å². The first kappa shape index (κ1) is 20.0. The number of hydrogen-bond acceptors (Lipinski definition) is 2. The molecule has 0 aromatic heterocycles. The highest BCUT2D eigenvalue weighted by atomic mass is 16.2. The van der Waals surface area contributed by atoms with Gasteiger partial charge in [0.15, 0.2) is 5.96 Å². The van der Waals surface area contributed by atoms with Crippen molar-refractivity contribution >= 4 is 11.9 Å². The smallest absolute Gasteiger partial charge is 0.224 e. The lowest BCUT2D eigenvalue weighted by atomic mass is 10.2. The average molecular weight is 332 g/mol. The molecule has 0 aliphatic rings. The second-order valence-corrected chi connectivity index (χ2v) is 6.00. The van der Waals surface area contributed by atoms with Crippen molar-refractivity contribution in [2.45, 2.75) is 39.7 Å². The summed E-state index contributed by atoms with van der Waals surface area (Å²) in [4.78, 5) is 20.7. The maximum absolute atomic E-state index is 12.3. The maximum atomic E-state index is 12.3. The van der Waals surface area contributed by atoms with Crippen molar-refractivity contribution in [3.05, 3.63) is 35.9 Å². The third-order valence-electron chi connectivity index (χ3n) is 3.82. The zero-order chi connectivity index (χ0) is 17.8. The third kappa shape index (κ3) is 7.49. The quantitative estimate of drug-likeness (QED) is 0.559. The van der Waals surface area contributed by atoms with Crippen LogP contribution in [0.4, 0.5) is 0 Å². The van der Waals surface area contributed by atoms with E-state index >= 15 is 0 Å². The highest BCUT2D eigenvalue weighted by Gasteiger charge is 2.10. The predicted molar refractivity (Wildman–Crippen MR) is 101 cm³/mol. The summed E-state index contributed by atoms with van der Waals surface area (Å²) < 4.78 is 0. The molecule has 0 fully saturated rings. The van der Waals surface area contributed by atoms with Crippen LogP contribution in [0.2, 0.25) is 0 Å². The molecule has 0 aliphatic heterocycles. The first-order valence-corrected chi connectivity index (χ1v) is 8.85. The zero-order valence-electron chi connectivity index (χ0n) is 15.6. The molecule has 1 aromatic rings. The van der Waals surface area contributed by atoms with E-state index in [2.05, 4.69) is 29.1 Å². The topological polar surface area (TPSA) is 47.9 Å². The summed E-state index contributed by atoms with van der Waals surface area (Å²) in [5.41, 5.74) is 1.14. The van der Waals surface area contributed by atoms with Crippen LogP contribution in [0.5, 0.6) is 0 Å². The Labute approximate surface area is 146 Å². The summed E-state index contributed by atoms with van der Waals surface area (Å²) in [5.74, 6) is 0.999. The van der Waals surface area contributed by atoms with Crippen LogP contribution >= 0.6 is 0 Å². The van der Waals surface area contributed by atoms with E-state index in [1.807, 2.05) is 44.4 Å². The summed E-state index contributed by atoms with van der Waals surface area (Å²) in [6.07, 6.45) is 2.73. The lowest BCUT2D eigenvalue weighted by molar-refractivity contribution is -0.130. The van der Waals surface area contributed by atoms with Crippen LogP contribution in [0, 0.1) is 0 Å². The van der Waals surface area contributed by atoms with Gasteiger partial charge in [0.05, 0.1) is 6.54 Å². The number of nitrogens with zero attached hydrogens (tertiary/aromatic N) is 3. The van der Waals surface area contributed by atoms with Crippen LogP contribution in [-0.2, 0) is 11.3 Å². The first-order chi connectivity index (χ1) is 11.6. The number of benzene rings is 1. The Kier molecular flexibility index (Phi) is 9.58. The first-order valence-electron chi connectivity index (χ1n) is 8.85. The van der Waals surface area contributed by atoms with Crippen molar-refractivity contribution in [3.8, 4) is 0 Å². The van der Waals surface area contributed by atoms with Crippen LogP contribution in [-0.4, -0.2) is 55.4 Å². The van der Waals surface area contributed by atoms with E-state index in [1.54, 1.807) is 4.90 Å². The highest BCUT2D eigenvalue weighted by Crippen LogP contribution is 2.04. The van der Waals surface area contributed by atoms with Crippen molar-refractivity contribution in [1.82, 2.24) is 15.1 Å². The SMILES string of the molecule is CCCCN(C)C(=NCCC(=O)N(C)Cc1ccccc1)NCC. The Balaban J connectivity index is 2.47. The molecule has 0 saturated carbocycles. The van der Waals surface area contributed by atoms with Crippen LogP contribution < -0.4 is 5.32 Å². The lowest BCUT2D eigenvalue weighted by Gasteiger charge is -2.22. The summed E-state index contributed by atoms with van der Waals surface area (Å²) in [7, 11) is 3.89. The maximum Gasteiger partial charge on any atom is 0.224 e. The second-order valence-electron chi connectivity index (χ2n) is 6.00. The molecule has 1 N–H and O–H groups in total. The van der Waals surface area contributed by atoms with Gasteiger partial charge in [-0.05, 0) is 18.9 Å². The predicted octanol–water partition coefficient (Wildman–Crippen LogP) is 2.73. The van der Waals surface area contributed by atoms with Gasteiger partial charge >= 0.3 is 0 Å². The Morgan fingerprint density at radius 3 is 2.46 bits per heavy atom. The van der Waals surface area contributed by atoms with E-state index in [9.17, 15) is 4.79 Å². The monoisotopic (exact) mass is 332 g/mol. The molecule has 1 rings (SSSR count). The summed E-state index contributed by atoms with van der Waals surface area (Å²) in [6, 6.07) is 10.0. The van der Waals surface area contributed by atoms with Gasteiger partial charge in [-0.3, -0.25) is 9.79 Å². The second kappa shape index (κ2) is 11.5. The molecular formula is C19H32N4O. The minimum atomic E-state index is 0.120. The number of unbranched alkanes of at least 4 members (excludes halogenated alkanes) is 1. The van der Waals surface area contributed by atoms with E-state index in [0.717, 1.165) is 37.5 Å². The van der Waals surface area contributed by atoms with E-state index in [0.29, 0.717) is 19.5 Å². The van der Waals surface area contributed by atoms with Crippen LogP contribution in [0.25, 0.3) is 0 Å². The molecule has 5 heteroatoms. The third-order valence-corrected chi connectivity index (χ3v) is 3.82. The number of amides is 1. The molecule has 0 bridgehead atoms. The Bertz CT molecular complexity index is 501. The van der Waals surface area contributed by atoms with Crippen molar-refractivity contribution in [1.29, 1.82) is 0 Å². The van der Waals surface area contributed by atoms with Gasteiger partial charge < -0.3 is 15.1 Å². The minimum absolute atomic E-state index is 0.120. The molecule has 0 radical (unpaired) electrons. The Morgan fingerprint density at radius 2 is 1.83 bits per heavy atom. The summed E-state index contributed by atoms with van der Waals surface area (Å²) in [5, 5.41) is 3.29. The number of hydrogen-bond donors (Lipinski definition) is 1. The molecule has 5 nitrogen and oxygen atoms in total. The van der Waals surface area contributed by atoms with Crippen LogP contribution in [0.15, 0.2) is 35.3 Å². The fourth-order valence-corrected chi connectivity index (χ4v) is 2.36. The standard InChI is InChI=1S/C19H32N4O/c1-5-7-15-22(3)19(20-6-2)21-14-13-18(24)23(4)16-17-11-9-8-10-12-17/h8-12H,5-7,13-16H2,1-4H3,(H,20,21). The zero-order valence-corrected chi connectivity index (χ0v) is 15.6. The molecule has 1 aromatic carbocycles. The van der Waals surface area contributed by atoms with Crippen LogP contribution in [0.1, 0.15) is 38.7 Å². The lowest BCUT2D eigenvalue weighted by Crippen LogP contribution is -2.39. The van der Waals surface area contributed by atoms with Gasteiger partial charge in [-0.2, -0.15) is 0 Å². The molecule has 24 heavy (non-hydrogen) atoms. The van der Waals surface area contributed by atoms with Crippen LogP contribution in [0.3, 0.4) is 0 Å². The number of rotatable bonds is 9. The number of guanidine groups is 1. The molecule has 134 valence electrons. The highest BCUT2D eigenvalue weighted by molar-refractivity contribution is 5.80. The van der Waals surface area contributed by atoms with Crippen molar-refractivity contribution in [2.24, 2.45) is 4.99 Å². The van der Waals surface area contributed by atoms with Crippen molar-refractivity contribution < 1.29 is 4.79 Å². The largest absolute Gasteiger partial charge is 0.357 e. The molecule has 0 atom stereocenters. The van der Waals surface area contributed by atoms with Gasteiger partial charge in [0.2, 0.25) is 5.91 Å². The number of aliphatic imine (C=N–C) groups is 1. The molecule has 0 saturated heterocycles. The van der Waals surface area contributed by atoms with Gasteiger partial charge in [-0.25, -0.2) is 0 Å². The Hall–Kier alpha value is -2.04. The molecule has 0 unspecified atom stereocenters. The number of carbonyl (C=O) groups excluding carboxylic acids is 1. The van der Waals surface area contributed by atoms with Gasteiger partial charge in [0.1, 0.15) is 0 Å². The normalized spacial score (nSPS) is 11.2. The fraction of sp³-hybridized carbons (Fsp3) is 0.579. The van der Waals surface area contributed by atoms with Crippen molar-refractivity contribution in [3.63, 3.8) is 0 Å². The van der Waals surface area contributed by atoms with Crippen molar-refractivity contribution in [2.75, 3.05) is 33.7 Å².